The molecular weight excluding hydrogens is 660 g/mol. The first-order valence-corrected chi connectivity index (χ1v) is 18.1. The molecule has 0 saturated carbocycles. The number of benzene rings is 4. The highest BCUT2D eigenvalue weighted by atomic mass is 32.2. The predicted molar refractivity (Wildman–Crippen MR) is 169 cm³/mol. The van der Waals surface area contributed by atoms with Gasteiger partial charge in [-0.15, -0.1) is 0 Å². The maximum Gasteiger partial charge on any atom is 0.298 e. The standard InChI is InChI=1S/C32H33FO10S3/c1-31(2,3)21-9-14-26(25(17-21)20-7-10-22(33)11-8-20)42-27-15-12-23(18-29(27)45(36,37)38)44(34,35)24-13-16-28(43-32(4,5)6)30(19-24)46(39,40)41/h7-19H,1-6H3,(H,36,37,38)(H,39,40,41). The Bertz CT molecular complexity index is 2130. The lowest BCUT2D eigenvalue weighted by molar-refractivity contribution is 0.126. The van der Waals surface area contributed by atoms with Crippen molar-refractivity contribution in [3.05, 3.63) is 90.2 Å². The number of rotatable bonds is 8. The van der Waals surface area contributed by atoms with E-state index in [-0.39, 0.29) is 16.9 Å². The lowest BCUT2D eigenvalue weighted by atomic mass is 9.85. The normalized spacial score (nSPS) is 13.0. The molecule has 0 radical (unpaired) electrons. The summed E-state index contributed by atoms with van der Waals surface area (Å²) in [5.41, 5.74) is 0.710. The van der Waals surface area contributed by atoms with Crippen molar-refractivity contribution in [2.75, 3.05) is 0 Å². The summed E-state index contributed by atoms with van der Waals surface area (Å²) in [7, 11) is -14.7. The third kappa shape index (κ3) is 7.93. The molecule has 0 fully saturated rings. The number of sulfone groups is 1. The fraction of sp³-hybridized carbons (Fsp3) is 0.250. The molecule has 246 valence electrons. The lowest BCUT2D eigenvalue weighted by Gasteiger charge is -2.23. The molecular formula is C32H33FO10S3. The van der Waals surface area contributed by atoms with Crippen molar-refractivity contribution in [3.63, 3.8) is 0 Å². The summed E-state index contributed by atoms with van der Waals surface area (Å²) in [4.78, 5) is -2.93. The average molecular weight is 693 g/mol. The van der Waals surface area contributed by atoms with E-state index in [2.05, 4.69) is 0 Å². The molecule has 0 spiro atoms. The van der Waals surface area contributed by atoms with Gasteiger partial charge in [-0.25, -0.2) is 12.8 Å². The van der Waals surface area contributed by atoms with Gasteiger partial charge in [0.2, 0.25) is 9.84 Å². The van der Waals surface area contributed by atoms with E-state index < -0.39 is 66.8 Å². The molecule has 4 aromatic rings. The zero-order chi connectivity index (χ0) is 34.5. The van der Waals surface area contributed by atoms with Gasteiger partial charge < -0.3 is 9.47 Å². The second kappa shape index (κ2) is 12.1. The summed E-state index contributed by atoms with van der Waals surface area (Å²) in [5.74, 6) is -1.05. The van der Waals surface area contributed by atoms with Crippen LogP contribution in [0.1, 0.15) is 47.1 Å². The Morgan fingerprint density at radius 2 is 1.09 bits per heavy atom. The highest BCUT2D eigenvalue weighted by Gasteiger charge is 2.29. The van der Waals surface area contributed by atoms with E-state index in [0.717, 1.165) is 29.8 Å². The van der Waals surface area contributed by atoms with Crippen molar-refractivity contribution in [2.24, 2.45) is 0 Å². The van der Waals surface area contributed by atoms with E-state index in [1.807, 2.05) is 20.8 Å². The van der Waals surface area contributed by atoms with Gasteiger partial charge in [-0.1, -0.05) is 39.0 Å². The molecule has 4 rings (SSSR count). The van der Waals surface area contributed by atoms with Crippen molar-refractivity contribution in [2.45, 2.75) is 72.1 Å². The molecule has 10 nitrogen and oxygen atoms in total. The second-order valence-electron chi connectivity index (χ2n) is 12.5. The van der Waals surface area contributed by atoms with Gasteiger partial charge in [0.05, 0.1) is 9.79 Å². The van der Waals surface area contributed by atoms with Gasteiger partial charge in [-0.2, -0.15) is 16.8 Å². The van der Waals surface area contributed by atoms with Crippen LogP contribution in [0.25, 0.3) is 11.1 Å². The molecule has 0 bridgehead atoms. The maximum atomic E-state index is 13.7. The molecule has 0 amide bonds. The van der Waals surface area contributed by atoms with Crippen molar-refractivity contribution >= 4 is 30.1 Å². The van der Waals surface area contributed by atoms with E-state index in [4.69, 9.17) is 9.47 Å². The first kappa shape index (κ1) is 35.0. The van der Waals surface area contributed by atoms with Gasteiger partial charge in [0.1, 0.15) is 38.5 Å². The van der Waals surface area contributed by atoms with E-state index >= 15 is 0 Å². The molecule has 0 unspecified atom stereocenters. The SMILES string of the molecule is CC(C)(C)Oc1ccc(S(=O)(=O)c2ccc(Oc3ccc(C(C)(C)C)cc3-c3ccc(F)cc3)c(S(=O)(=O)O)c2)cc1S(=O)(=O)O. The van der Waals surface area contributed by atoms with Crippen LogP contribution in [0.5, 0.6) is 17.2 Å². The van der Waals surface area contributed by atoms with Crippen LogP contribution in [0.2, 0.25) is 0 Å². The Morgan fingerprint density at radius 3 is 1.57 bits per heavy atom. The Hall–Kier alpha value is -3.82. The molecule has 2 N–H and O–H groups in total. The van der Waals surface area contributed by atoms with Crippen LogP contribution < -0.4 is 9.47 Å². The molecule has 14 heteroatoms. The fourth-order valence-electron chi connectivity index (χ4n) is 4.41. The monoisotopic (exact) mass is 692 g/mol. The highest BCUT2D eigenvalue weighted by Crippen LogP contribution is 2.40. The zero-order valence-electron chi connectivity index (χ0n) is 25.8. The molecule has 0 aliphatic heterocycles. The predicted octanol–water partition coefficient (Wildman–Crippen LogP) is 7.09. The number of halogens is 1. The van der Waals surface area contributed by atoms with Gasteiger partial charge in [-0.3, -0.25) is 9.11 Å². The molecule has 0 aliphatic rings. The molecule has 4 aromatic carbocycles. The van der Waals surface area contributed by atoms with Crippen LogP contribution in [-0.2, 0) is 35.5 Å². The summed E-state index contributed by atoms with van der Waals surface area (Å²) >= 11 is 0. The van der Waals surface area contributed by atoms with Crippen molar-refractivity contribution in [1.29, 1.82) is 0 Å². The quantitative estimate of drug-likeness (QED) is 0.183. The molecule has 46 heavy (non-hydrogen) atoms. The van der Waals surface area contributed by atoms with E-state index in [0.29, 0.717) is 23.3 Å². The first-order chi connectivity index (χ1) is 21.0. The van der Waals surface area contributed by atoms with Crippen molar-refractivity contribution in [3.8, 4) is 28.4 Å². The Morgan fingerprint density at radius 1 is 0.609 bits per heavy atom. The smallest absolute Gasteiger partial charge is 0.298 e. The van der Waals surface area contributed by atoms with E-state index in [1.54, 1.807) is 39.0 Å². The topological polar surface area (TPSA) is 161 Å². The minimum atomic E-state index is -5.09. The van der Waals surface area contributed by atoms with Crippen LogP contribution in [-0.4, -0.2) is 40.0 Å². The zero-order valence-corrected chi connectivity index (χ0v) is 28.2. The summed E-state index contributed by atoms with van der Waals surface area (Å²) in [6, 6.07) is 16.2. The van der Waals surface area contributed by atoms with Crippen LogP contribution in [0, 0.1) is 5.82 Å². The third-order valence-corrected chi connectivity index (χ3v) is 10.1. The largest absolute Gasteiger partial charge is 0.487 e. The van der Waals surface area contributed by atoms with E-state index in [1.165, 1.54) is 24.3 Å². The maximum absolute atomic E-state index is 13.7. The van der Waals surface area contributed by atoms with Gasteiger partial charge in [0.25, 0.3) is 20.2 Å². The van der Waals surface area contributed by atoms with Crippen LogP contribution in [0.3, 0.4) is 0 Å². The summed E-state index contributed by atoms with van der Waals surface area (Å²) in [5, 5.41) is 0. The third-order valence-electron chi connectivity index (χ3n) is 6.64. The van der Waals surface area contributed by atoms with Gasteiger partial charge in [0.15, 0.2) is 0 Å². The summed E-state index contributed by atoms with van der Waals surface area (Å²) in [6.45, 7) is 10.8. The van der Waals surface area contributed by atoms with Gasteiger partial charge in [0, 0.05) is 5.56 Å². The summed E-state index contributed by atoms with van der Waals surface area (Å²) in [6.07, 6.45) is 0. The molecule has 0 heterocycles. The Balaban J connectivity index is 1.85. The van der Waals surface area contributed by atoms with Crippen molar-refractivity contribution < 1.29 is 48.2 Å². The number of hydrogen-bond acceptors (Lipinski definition) is 8. The average Bonchev–Trinajstić information content (AvgIpc) is 2.91. The highest BCUT2D eigenvalue weighted by molar-refractivity contribution is 7.91. The molecule has 0 aromatic heterocycles. The molecule has 0 aliphatic carbocycles. The van der Waals surface area contributed by atoms with Crippen molar-refractivity contribution in [1.82, 2.24) is 0 Å². The summed E-state index contributed by atoms with van der Waals surface area (Å²) < 4.78 is 122. The van der Waals surface area contributed by atoms with E-state index in [9.17, 15) is 38.7 Å². The Kier molecular flexibility index (Phi) is 9.20. The molecule has 0 atom stereocenters. The van der Waals surface area contributed by atoms with Crippen LogP contribution in [0.15, 0.2) is 98.4 Å². The number of hydrogen-bond donors (Lipinski definition) is 2. The first-order valence-electron chi connectivity index (χ1n) is 13.7. The Labute approximate surface area is 268 Å². The lowest BCUT2D eigenvalue weighted by Crippen LogP contribution is -2.24. The van der Waals surface area contributed by atoms with Gasteiger partial charge in [-0.05, 0) is 98.0 Å². The minimum Gasteiger partial charge on any atom is -0.487 e. The van der Waals surface area contributed by atoms with Crippen LogP contribution >= 0.6 is 0 Å². The van der Waals surface area contributed by atoms with Gasteiger partial charge >= 0.3 is 0 Å². The van der Waals surface area contributed by atoms with Crippen LogP contribution in [0.4, 0.5) is 4.39 Å². The molecule has 0 saturated heterocycles. The second-order valence-corrected chi connectivity index (χ2v) is 17.2. The fourth-order valence-corrected chi connectivity index (χ4v) is 7.15. The number of ether oxygens (including phenoxy) is 2. The minimum absolute atomic E-state index is 0.132.